The SMILES string of the molecule is CN(C)CCN(C(=O)Nc1ccc(F)c(Cl)c1)c1ccc(-c2cncc(N)c2)cc1. The van der Waals surface area contributed by atoms with Gasteiger partial charge in [-0.2, -0.15) is 0 Å². The minimum Gasteiger partial charge on any atom is -0.397 e. The van der Waals surface area contributed by atoms with E-state index >= 15 is 0 Å². The molecule has 3 aromatic rings. The van der Waals surface area contributed by atoms with Crippen molar-refractivity contribution in [2.45, 2.75) is 0 Å². The van der Waals surface area contributed by atoms with E-state index in [1.807, 2.05) is 49.3 Å². The maximum atomic E-state index is 13.4. The van der Waals surface area contributed by atoms with Crippen LogP contribution in [0.4, 0.5) is 26.2 Å². The maximum absolute atomic E-state index is 13.4. The monoisotopic (exact) mass is 427 g/mol. The molecule has 0 aliphatic rings. The number of urea groups is 1. The number of rotatable bonds is 6. The summed E-state index contributed by atoms with van der Waals surface area (Å²) in [5, 5.41) is 2.73. The van der Waals surface area contributed by atoms with E-state index in [2.05, 4.69) is 10.3 Å². The summed E-state index contributed by atoms with van der Waals surface area (Å²) in [5.41, 5.74) is 9.38. The Balaban J connectivity index is 1.83. The average molecular weight is 428 g/mol. The fourth-order valence-electron chi connectivity index (χ4n) is 2.86. The molecule has 0 fully saturated rings. The number of nitrogens with one attached hydrogen (secondary N) is 1. The zero-order chi connectivity index (χ0) is 21.7. The van der Waals surface area contributed by atoms with Gasteiger partial charge in [-0.3, -0.25) is 9.88 Å². The van der Waals surface area contributed by atoms with Crippen LogP contribution in [0.5, 0.6) is 0 Å². The number of amides is 2. The van der Waals surface area contributed by atoms with Crippen molar-refractivity contribution in [3.05, 3.63) is 71.8 Å². The van der Waals surface area contributed by atoms with Gasteiger partial charge in [0.15, 0.2) is 0 Å². The van der Waals surface area contributed by atoms with Crippen LogP contribution in [-0.2, 0) is 0 Å². The van der Waals surface area contributed by atoms with Crippen molar-refractivity contribution in [2.75, 3.05) is 43.1 Å². The molecule has 0 radical (unpaired) electrons. The molecule has 0 unspecified atom stereocenters. The first-order valence-corrected chi connectivity index (χ1v) is 9.70. The molecule has 3 N–H and O–H groups in total. The zero-order valence-corrected chi connectivity index (χ0v) is 17.5. The lowest BCUT2D eigenvalue weighted by molar-refractivity contribution is 0.256. The molecule has 1 aromatic heterocycles. The van der Waals surface area contributed by atoms with E-state index in [0.717, 1.165) is 16.8 Å². The van der Waals surface area contributed by atoms with Crippen LogP contribution in [0.15, 0.2) is 60.9 Å². The minimum absolute atomic E-state index is 0.0484. The first-order chi connectivity index (χ1) is 14.3. The first kappa shape index (κ1) is 21.5. The predicted molar refractivity (Wildman–Crippen MR) is 120 cm³/mol. The van der Waals surface area contributed by atoms with E-state index < -0.39 is 5.82 Å². The number of pyridine rings is 1. The van der Waals surface area contributed by atoms with Crippen LogP contribution in [0.25, 0.3) is 11.1 Å². The van der Waals surface area contributed by atoms with Crippen molar-refractivity contribution in [3.8, 4) is 11.1 Å². The average Bonchev–Trinajstić information content (AvgIpc) is 2.71. The van der Waals surface area contributed by atoms with Crippen molar-refractivity contribution in [2.24, 2.45) is 0 Å². The van der Waals surface area contributed by atoms with Gasteiger partial charge in [0.25, 0.3) is 0 Å². The molecule has 30 heavy (non-hydrogen) atoms. The molecule has 2 amide bonds. The third-order valence-corrected chi connectivity index (χ3v) is 4.75. The molecule has 0 saturated carbocycles. The van der Waals surface area contributed by atoms with Crippen molar-refractivity contribution in [3.63, 3.8) is 0 Å². The number of anilines is 3. The van der Waals surface area contributed by atoms with E-state index in [0.29, 0.717) is 24.5 Å². The number of likely N-dealkylation sites (N-methyl/N-ethyl adjacent to an activating group) is 1. The molecular weight excluding hydrogens is 405 g/mol. The number of nitrogen functional groups attached to an aromatic ring is 1. The Labute approximate surface area is 180 Å². The van der Waals surface area contributed by atoms with Crippen LogP contribution in [0.1, 0.15) is 0 Å². The van der Waals surface area contributed by atoms with Crippen LogP contribution >= 0.6 is 11.6 Å². The topological polar surface area (TPSA) is 74.5 Å². The number of nitrogens with two attached hydrogens (primary N) is 1. The number of carbonyl (C=O) groups is 1. The number of hydrogen-bond donors (Lipinski definition) is 2. The van der Waals surface area contributed by atoms with Gasteiger partial charge in [0.2, 0.25) is 0 Å². The summed E-state index contributed by atoms with van der Waals surface area (Å²) in [5.74, 6) is -0.536. The van der Waals surface area contributed by atoms with Gasteiger partial charge < -0.3 is 16.0 Å². The second kappa shape index (κ2) is 9.56. The molecule has 0 aliphatic heterocycles. The van der Waals surface area contributed by atoms with Crippen LogP contribution in [0, 0.1) is 5.82 Å². The number of hydrogen-bond acceptors (Lipinski definition) is 4. The van der Waals surface area contributed by atoms with Gasteiger partial charge in [0.1, 0.15) is 5.82 Å². The molecule has 0 spiro atoms. The molecule has 0 aliphatic carbocycles. The van der Waals surface area contributed by atoms with E-state index in [4.69, 9.17) is 17.3 Å². The second-order valence-electron chi connectivity index (χ2n) is 7.07. The lowest BCUT2D eigenvalue weighted by atomic mass is 10.1. The van der Waals surface area contributed by atoms with Crippen LogP contribution < -0.4 is 16.0 Å². The van der Waals surface area contributed by atoms with Crippen LogP contribution in [0.3, 0.4) is 0 Å². The first-order valence-electron chi connectivity index (χ1n) is 9.33. The third kappa shape index (κ3) is 5.46. The summed E-state index contributed by atoms with van der Waals surface area (Å²) in [4.78, 5) is 20.7. The number of carbonyl (C=O) groups excluding carboxylic acids is 1. The molecule has 2 aromatic carbocycles. The maximum Gasteiger partial charge on any atom is 0.326 e. The van der Waals surface area contributed by atoms with Gasteiger partial charge in [-0.25, -0.2) is 9.18 Å². The van der Waals surface area contributed by atoms with Crippen LogP contribution in [-0.4, -0.2) is 43.1 Å². The van der Waals surface area contributed by atoms with E-state index in [9.17, 15) is 9.18 Å². The standard InChI is InChI=1S/C22H23ClFN5O/c1-28(2)9-10-29(22(30)27-18-5-8-21(24)20(23)12-18)19-6-3-15(4-7-19)16-11-17(25)14-26-13-16/h3-8,11-14H,9-10,25H2,1-2H3,(H,27,30). The summed E-state index contributed by atoms with van der Waals surface area (Å²) in [6.07, 6.45) is 3.33. The van der Waals surface area contributed by atoms with Gasteiger partial charge in [-0.15, -0.1) is 0 Å². The van der Waals surface area contributed by atoms with E-state index in [1.165, 1.54) is 18.2 Å². The molecular formula is C22H23ClFN5O. The van der Waals surface area contributed by atoms with Gasteiger partial charge in [-0.1, -0.05) is 23.7 Å². The normalized spacial score (nSPS) is 10.8. The largest absolute Gasteiger partial charge is 0.397 e. The van der Waals surface area contributed by atoms with Crippen molar-refractivity contribution >= 4 is 34.7 Å². The van der Waals surface area contributed by atoms with Crippen molar-refractivity contribution in [1.82, 2.24) is 9.88 Å². The van der Waals surface area contributed by atoms with Crippen LogP contribution in [0.2, 0.25) is 5.02 Å². The van der Waals surface area contributed by atoms with Gasteiger partial charge in [-0.05, 0) is 56.1 Å². The zero-order valence-electron chi connectivity index (χ0n) is 16.8. The molecule has 0 bridgehead atoms. The van der Waals surface area contributed by atoms with Gasteiger partial charge in [0.05, 0.1) is 10.7 Å². The third-order valence-electron chi connectivity index (χ3n) is 4.46. The molecule has 0 atom stereocenters. The van der Waals surface area contributed by atoms with Crippen molar-refractivity contribution in [1.29, 1.82) is 0 Å². The fraction of sp³-hybridized carbons (Fsp3) is 0.182. The Kier molecular flexibility index (Phi) is 6.87. The van der Waals surface area contributed by atoms with Crippen molar-refractivity contribution < 1.29 is 9.18 Å². The number of aromatic nitrogens is 1. The lowest BCUT2D eigenvalue weighted by Crippen LogP contribution is -2.39. The highest BCUT2D eigenvalue weighted by molar-refractivity contribution is 6.31. The molecule has 1 heterocycles. The number of halogens is 2. The highest BCUT2D eigenvalue weighted by Crippen LogP contribution is 2.25. The summed E-state index contributed by atoms with van der Waals surface area (Å²) in [6, 6.07) is 13.1. The van der Waals surface area contributed by atoms with E-state index in [1.54, 1.807) is 17.3 Å². The molecule has 6 nitrogen and oxygen atoms in total. The molecule has 8 heteroatoms. The Morgan fingerprint density at radius 3 is 2.43 bits per heavy atom. The number of benzene rings is 2. The second-order valence-corrected chi connectivity index (χ2v) is 7.47. The van der Waals surface area contributed by atoms with E-state index in [-0.39, 0.29) is 11.1 Å². The molecule has 3 rings (SSSR count). The Morgan fingerprint density at radius 1 is 1.07 bits per heavy atom. The summed E-state index contributed by atoms with van der Waals surface area (Å²) in [7, 11) is 3.87. The predicted octanol–water partition coefficient (Wildman–Crippen LogP) is 4.72. The van der Waals surface area contributed by atoms with Gasteiger partial charge in [0, 0.05) is 42.4 Å². The smallest absolute Gasteiger partial charge is 0.326 e. The van der Waals surface area contributed by atoms with Gasteiger partial charge >= 0.3 is 6.03 Å². The fourth-order valence-corrected chi connectivity index (χ4v) is 3.04. The highest BCUT2D eigenvalue weighted by Gasteiger charge is 2.17. The summed E-state index contributed by atoms with van der Waals surface area (Å²) in [6.45, 7) is 1.13. The lowest BCUT2D eigenvalue weighted by Gasteiger charge is -2.25. The molecule has 156 valence electrons. The molecule has 0 saturated heterocycles. The highest BCUT2D eigenvalue weighted by atomic mass is 35.5. The quantitative estimate of drug-likeness (QED) is 0.596. The Hall–Kier alpha value is -3.16. The Bertz CT molecular complexity index is 1030. The minimum atomic E-state index is -0.536. The number of nitrogens with zero attached hydrogens (tertiary/aromatic N) is 3. The summed E-state index contributed by atoms with van der Waals surface area (Å²) >= 11 is 5.82. The summed E-state index contributed by atoms with van der Waals surface area (Å²) < 4.78 is 13.4. The Morgan fingerprint density at radius 2 is 1.80 bits per heavy atom.